The van der Waals surface area contributed by atoms with E-state index >= 15 is 0 Å². The maximum absolute atomic E-state index is 11.6. The van der Waals surface area contributed by atoms with Gasteiger partial charge in [0.2, 0.25) is 0 Å². The molecule has 0 heterocycles. The number of hydrogen-bond acceptors (Lipinski definition) is 3. The van der Waals surface area contributed by atoms with Crippen molar-refractivity contribution in [1.29, 1.82) is 0 Å². The third-order valence-corrected chi connectivity index (χ3v) is 8.08. The molecule has 0 aromatic heterocycles. The summed E-state index contributed by atoms with van der Waals surface area (Å²) in [5.74, 6) is 5.23. The van der Waals surface area contributed by atoms with Gasteiger partial charge in [0.15, 0.2) is 6.20 Å². The molecule has 78 valence electrons. The predicted molar refractivity (Wildman–Crippen MR) is 70.0 cm³/mol. The molecule has 1 nitrogen and oxygen atoms in total. The monoisotopic (exact) mass is 246 g/mol. The van der Waals surface area contributed by atoms with Crippen molar-refractivity contribution in [3.05, 3.63) is 0 Å². The first-order valence-corrected chi connectivity index (χ1v) is 9.09. The lowest BCUT2D eigenvalue weighted by Gasteiger charge is -2.09. The van der Waals surface area contributed by atoms with Crippen molar-refractivity contribution in [3.63, 3.8) is 0 Å². The van der Waals surface area contributed by atoms with E-state index in [0.717, 1.165) is 12.8 Å². The normalized spacial score (nSPS) is 14.4. The van der Waals surface area contributed by atoms with E-state index in [1.807, 2.05) is 13.8 Å². The molecule has 0 aliphatic heterocycles. The van der Waals surface area contributed by atoms with Gasteiger partial charge in [-0.15, -0.1) is 12.8 Å². The van der Waals surface area contributed by atoms with Gasteiger partial charge in [-0.2, -0.15) is 0 Å². The van der Waals surface area contributed by atoms with Crippen LogP contribution >= 0.6 is 29.0 Å². The van der Waals surface area contributed by atoms with Crippen molar-refractivity contribution in [3.8, 4) is 24.7 Å². The summed E-state index contributed by atoms with van der Waals surface area (Å²) in [5.41, 5.74) is 0. The topological polar surface area (TPSA) is 17.1 Å². The third kappa shape index (κ3) is 5.71. The zero-order chi connectivity index (χ0) is 11.0. The van der Waals surface area contributed by atoms with E-state index in [4.69, 9.17) is 12.8 Å². The van der Waals surface area contributed by atoms with Crippen LogP contribution < -0.4 is 0 Å². The quantitative estimate of drug-likeness (QED) is 0.526. The average molecular weight is 246 g/mol. The Morgan fingerprint density at radius 3 is 1.71 bits per heavy atom. The van der Waals surface area contributed by atoms with Gasteiger partial charge >= 0.3 is 0 Å². The van der Waals surface area contributed by atoms with Gasteiger partial charge in [-0.1, -0.05) is 48.5 Å². The summed E-state index contributed by atoms with van der Waals surface area (Å²) >= 11 is 2.76. The molecule has 0 radical (unpaired) electrons. The lowest BCUT2D eigenvalue weighted by atomic mass is 10.3. The van der Waals surface area contributed by atoms with Gasteiger partial charge in [-0.25, -0.2) is 0 Å². The van der Waals surface area contributed by atoms with Crippen LogP contribution in [0.25, 0.3) is 0 Å². The molecule has 0 aromatic carbocycles. The molecule has 14 heavy (non-hydrogen) atoms. The summed E-state index contributed by atoms with van der Waals surface area (Å²) < 4.78 is 11.6. The van der Waals surface area contributed by atoms with Crippen LogP contribution in [-0.4, -0.2) is 10.5 Å². The minimum Gasteiger partial charge on any atom is -0.304 e. The Hall–Kier alpha value is 0.0500. The molecular formula is C10H15OPS2. The van der Waals surface area contributed by atoms with Crippen LogP contribution in [0.5, 0.6) is 0 Å². The standard InChI is InChI=1S/C10H15OPS2/c1-5-9(6-2)13-12(11)14-10(7-3)8-4/h1,3,9-10,12H,6,8H2,2,4H3/t9-,10-/m1/s1. The largest absolute Gasteiger partial charge is 0.304 e. The zero-order valence-corrected chi connectivity index (χ0v) is 11.1. The number of rotatable bonds is 6. The van der Waals surface area contributed by atoms with E-state index in [9.17, 15) is 4.57 Å². The van der Waals surface area contributed by atoms with E-state index in [0.29, 0.717) is 0 Å². The number of hydrogen-bond donors (Lipinski definition) is 0. The van der Waals surface area contributed by atoms with Crippen LogP contribution in [0, 0.1) is 24.7 Å². The molecule has 4 heteroatoms. The van der Waals surface area contributed by atoms with Crippen LogP contribution in [0.3, 0.4) is 0 Å². The Morgan fingerprint density at radius 1 is 1.14 bits per heavy atom. The van der Waals surface area contributed by atoms with E-state index in [1.165, 1.54) is 22.8 Å². The highest BCUT2D eigenvalue weighted by Gasteiger charge is 2.12. The summed E-state index contributed by atoms with van der Waals surface area (Å²) in [5, 5.41) is 0.119. The molecule has 0 aliphatic carbocycles. The molecule has 0 aromatic rings. The van der Waals surface area contributed by atoms with Crippen molar-refractivity contribution in [2.75, 3.05) is 0 Å². The molecule has 0 rings (SSSR count). The first-order chi connectivity index (χ1) is 6.67. The van der Waals surface area contributed by atoms with Crippen molar-refractivity contribution in [2.24, 2.45) is 0 Å². The van der Waals surface area contributed by atoms with Crippen LogP contribution in [0.2, 0.25) is 0 Å². The predicted octanol–water partition coefficient (Wildman–Crippen LogP) is 3.67. The molecular weight excluding hydrogens is 231 g/mol. The second kappa shape index (κ2) is 8.37. The SMILES string of the molecule is C#C[C@H](CC)S[PH](=O)S[C@H](C#C)CC. The second-order valence-electron chi connectivity index (χ2n) is 2.61. The fraction of sp³-hybridized carbons (Fsp3) is 0.600. The lowest BCUT2D eigenvalue weighted by molar-refractivity contribution is 0.603. The van der Waals surface area contributed by atoms with Gasteiger partial charge < -0.3 is 4.57 Å². The molecule has 0 saturated heterocycles. The molecule has 0 amide bonds. The first kappa shape index (κ1) is 14.1. The lowest BCUT2D eigenvalue weighted by Crippen LogP contribution is -1.94. The maximum Gasteiger partial charge on any atom is 0.182 e. The minimum absolute atomic E-state index is 0.0594. The summed E-state index contributed by atoms with van der Waals surface area (Å²) in [7, 11) is 0. The Kier molecular flexibility index (Phi) is 8.40. The van der Waals surface area contributed by atoms with Gasteiger partial charge in [-0.05, 0) is 12.8 Å². The summed E-state index contributed by atoms with van der Waals surface area (Å²) in [6.07, 6.45) is 10.5. The van der Waals surface area contributed by atoms with Crippen molar-refractivity contribution >= 4 is 29.0 Å². The summed E-state index contributed by atoms with van der Waals surface area (Å²) in [6, 6.07) is 0. The fourth-order valence-electron chi connectivity index (χ4n) is 0.730. The molecule has 0 spiro atoms. The summed E-state index contributed by atoms with van der Waals surface area (Å²) in [6.45, 7) is 3.99. The van der Waals surface area contributed by atoms with E-state index in [1.54, 1.807) is 0 Å². The highest BCUT2D eigenvalue weighted by atomic mass is 33.1. The van der Waals surface area contributed by atoms with Gasteiger partial charge in [0.05, 0.1) is 10.5 Å². The Morgan fingerprint density at radius 2 is 1.50 bits per heavy atom. The molecule has 0 fully saturated rings. The van der Waals surface area contributed by atoms with Crippen LogP contribution in [0.1, 0.15) is 26.7 Å². The maximum atomic E-state index is 11.6. The number of terminal acetylenes is 2. The Balaban J connectivity index is 3.99. The fourth-order valence-corrected chi connectivity index (χ4v) is 7.28. The van der Waals surface area contributed by atoms with Crippen molar-refractivity contribution in [2.45, 2.75) is 37.2 Å². The van der Waals surface area contributed by atoms with E-state index < -0.39 is 6.20 Å². The summed E-state index contributed by atoms with van der Waals surface area (Å²) in [4.78, 5) is 0. The van der Waals surface area contributed by atoms with E-state index in [-0.39, 0.29) is 10.5 Å². The molecule has 0 unspecified atom stereocenters. The third-order valence-electron chi connectivity index (χ3n) is 1.59. The molecule has 0 saturated carbocycles. The highest BCUT2D eigenvalue weighted by molar-refractivity contribution is 8.84. The molecule has 0 bridgehead atoms. The molecule has 2 atom stereocenters. The Labute approximate surface area is 95.5 Å². The molecule has 0 N–H and O–H groups in total. The minimum atomic E-state index is -1.74. The second-order valence-corrected chi connectivity index (χ2v) is 9.14. The van der Waals surface area contributed by atoms with E-state index in [2.05, 4.69) is 11.8 Å². The smallest absolute Gasteiger partial charge is 0.182 e. The van der Waals surface area contributed by atoms with Crippen LogP contribution in [0.4, 0.5) is 0 Å². The van der Waals surface area contributed by atoms with Crippen molar-refractivity contribution < 1.29 is 4.57 Å². The highest BCUT2D eigenvalue weighted by Crippen LogP contribution is 2.54. The van der Waals surface area contributed by atoms with Crippen molar-refractivity contribution in [1.82, 2.24) is 0 Å². The first-order valence-electron chi connectivity index (χ1n) is 4.47. The zero-order valence-electron chi connectivity index (χ0n) is 8.45. The Bertz CT molecular complexity index is 238. The van der Waals surface area contributed by atoms with Crippen LogP contribution in [0.15, 0.2) is 0 Å². The van der Waals surface area contributed by atoms with Gasteiger partial charge in [0.25, 0.3) is 0 Å². The van der Waals surface area contributed by atoms with Gasteiger partial charge in [0, 0.05) is 0 Å². The average Bonchev–Trinajstić information content (AvgIpc) is 2.22. The van der Waals surface area contributed by atoms with Gasteiger partial charge in [0.1, 0.15) is 0 Å². The van der Waals surface area contributed by atoms with Gasteiger partial charge in [-0.3, -0.25) is 0 Å². The van der Waals surface area contributed by atoms with Crippen LogP contribution in [-0.2, 0) is 4.57 Å². The molecule has 0 aliphatic rings.